The van der Waals surface area contributed by atoms with Crippen LogP contribution < -0.4 is 5.32 Å². The van der Waals surface area contributed by atoms with Gasteiger partial charge in [0.1, 0.15) is 0 Å². The second kappa shape index (κ2) is 9.51. The Hall–Kier alpha value is -3.40. The van der Waals surface area contributed by atoms with Crippen molar-refractivity contribution in [2.75, 3.05) is 7.05 Å². The molecular formula is C24H24N2O2. The van der Waals surface area contributed by atoms with Gasteiger partial charge in [-0.3, -0.25) is 4.79 Å². The van der Waals surface area contributed by atoms with Gasteiger partial charge in [0.15, 0.2) is 12.1 Å². The van der Waals surface area contributed by atoms with E-state index in [2.05, 4.69) is 29.4 Å². The van der Waals surface area contributed by atoms with Crippen molar-refractivity contribution in [2.24, 2.45) is 4.99 Å². The molecule has 3 aromatic carbocycles. The molecule has 0 radical (unpaired) electrons. The first-order chi connectivity index (χ1) is 13.7. The number of aliphatic imine (C=N–C) groups is 1. The number of hydrogen-bond donors (Lipinski definition) is 1. The van der Waals surface area contributed by atoms with Gasteiger partial charge in [0.2, 0.25) is 11.8 Å². The normalized spacial score (nSPS) is 17.6. The summed E-state index contributed by atoms with van der Waals surface area (Å²) in [6.45, 7) is 2.08. The SMILES string of the molecule is CNC(=O)C1N=C(c2ccccc2)OC1c1ccccc1.Cc1ccccc1. The Morgan fingerprint density at radius 3 is 1.89 bits per heavy atom. The van der Waals surface area contributed by atoms with Crippen LogP contribution in [0.5, 0.6) is 0 Å². The molecule has 4 heteroatoms. The molecule has 1 aliphatic heterocycles. The van der Waals surface area contributed by atoms with Crippen LogP contribution in [-0.2, 0) is 9.53 Å². The minimum Gasteiger partial charge on any atom is -0.466 e. The van der Waals surface area contributed by atoms with E-state index in [9.17, 15) is 4.79 Å². The summed E-state index contributed by atoms with van der Waals surface area (Å²) in [4.78, 5) is 16.5. The minimum absolute atomic E-state index is 0.144. The van der Waals surface area contributed by atoms with Crippen LogP contribution in [0.1, 0.15) is 22.8 Å². The van der Waals surface area contributed by atoms with E-state index in [0.717, 1.165) is 11.1 Å². The molecule has 2 unspecified atom stereocenters. The maximum absolute atomic E-state index is 12.1. The largest absolute Gasteiger partial charge is 0.466 e. The molecule has 28 heavy (non-hydrogen) atoms. The quantitative estimate of drug-likeness (QED) is 0.745. The number of aryl methyl sites for hydroxylation is 1. The molecule has 0 saturated heterocycles. The molecule has 0 bridgehead atoms. The average molecular weight is 372 g/mol. The number of nitrogens with one attached hydrogen (secondary N) is 1. The van der Waals surface area contributed by atoms with Crippen LogP contribution in [0.15, 0.2) is 96.0 Å². The monoisotopic (exact) mass is 372 g/mol. The van der Waals surface area contributed by atoms with E-state index in [1.165, 1.54) is 5.56 Å². The summed E-state index contributed by atoms with van der Waals surface area (Å²) in [5, 5.41) is 2.65. The first-order valence-electron chi connectivity index (χ1n) is 9.27. The van der Waals surface area contributed by atoms with Crippen LogP contribution in [0.3, 0.4) is 0 Å². The lowest BCUT2D eigenvalue weighted by Crippen LogP contribution is -2.33. The van der Waals surface area contributed by atoms with E-state index in [0.29, 0.717) is 5.90 Å². The second-order valence-corrected chi connectivity index (χ2v) is 6.46. The molecule has 1 amide bonds. The number of carbonyl (C=O) groups excluding carboxylic acids is 1. The van der Waals surface area contributed by atoms with Gasteiger partial charge in [-0.05, 0) is 24.6 Å². The van der Waals surface area contributed by atoms with E-state index in [4.69, 9.17) is 4.74 Å². The Kier molecular flexibility index (Phi) is 6.58. The molecule has 0 saturated carbocycles. The first kappa shape index (κ1) is 19.4. The summed E-state index contributed by atoms with van der Waals surface area (Å²) >= 11 is 0. The lowest BCUT2D eigenvalue weighted by molar-refractivity contribution is -0.123. The average Bonchev–Trinajstić information content (AvgIpc) is 3.21. The van der Waals surface area contributed by atoms with Crippen LogP contribution in [0.25, 0.3) is 0 Å². The Labute approximate surface area is 165 Å². The molecule has 0 fully saturated rings. The maximum atomic E-state index is 12.1. The van der Waals surface area contributed by atoms with Gasteiger partial charge in [-0.1, -0.05) is 84.4 Å². The molecule has 3 aromatic rings. The number of nitrogens with zero attached hydrogens (tertiary/aromatic N) is 1. The second-order valence-electron chi connectivity index (χ2n) is 6.46. The Balaban J connectivity index is 0.000000271. The van der Waals surface area contributed by atoms with Gasteiger partial charge in [-0.15, -0.1) is 0 Å². The van der Waals surface area contributed by atoms with Crippen molar-refractivity contribution in [3.63, 3.8) is 0 Å². The summed E-state index contributed by atoms with van der Waals surface area (Å²) in [5.74, 6) is 0.368. The highest BCUT2D eigenvalue weighted by Gasteiger charge is 2.37. The third-order valence-corrected chi connectivity index (χ3v) is 4.39. The van der Waals surface area contributed by atoms with E-state index < -0.39 is 6.04 Å². The van der Waals surface area contributed by atoms with E-state index in [-0.39, 0.29) is 12.0 Å². The Morgan fingerprint density at radius 2 is 1.39 bits per heavy atom. The van der Waals surface area contributed by atoms with Crippen molar-refractivity contribution < 1.29 is 9.53 Å². The highest BCUT2D eigenvalue weighted by atomic mass is 16.5. The fourth-order valence-electron chi connectivity index (χ4n) is 2.90. The van der Waals surface area contributed by atoms with Crippen molar-refractivity contribution in [1.82, 2.24) is 5.32 Å². The van der Waals surface area contributed by atoms with Crippen LogP contribution in [0.2, 0.25) is 0 Å². The molecule has 4 nitrogen and oxygen atoms in total. The fraction of sp³-hybridized carbons (Fsp3) is 0.167. The topological polar surface area (TPSA) is 50.7 Å². The number of carbonyl (C=O) groups is 1. The predicted molar refractivity (Wildman–Crippen MR) is 112 cm³/mol. The molecule has 2 atom stereocenters. The summed E-state index contributed by atoms with van der Waals surface area (Å²) in [6.07, 6.45) is -0.388. The molecule has 4 rings (SSSR count). The van der Waals surface area contributed by atoms with Gasteiger partial charge in [-0.2, -0.15) is 0 Å². The van der Waals surface area contributed by atoms with Crippen molar-refractivity contribution in [2.45, 2.75) is 19.1 Å². The Morgan fingerprint density at radius 1 is 0.857 bits per heavy atom. The molecular weight excluding hydrogens is 348 g/mol. The van der Waals surface area contributed by atoms with Crippen LogP contribution in [0.4, 0.5) is 0 Å². The van der Waals surface area contributed by atoms with Gasteiger partial charge in [-0.25, -0.2) is 4.99 Å². The zero-order valence-electron chi connectivity index (χ0n) is 16.1. The summed E-state index contributed by atoms with van der Waals surface area (Å²) in [5.41, 5.74) is 3.15. The molecule has 1 aliphatic rings. The molecule has 1 N–H and O–H groups in total. The van der Waals surface area contributed by atoms with Crippen LogP contribution in [-0.4, -0.2) is 24.9 Å². The van der Waals surface area contributed by atoms with Gasteiger partial charge in [0.25, 0.3) is 0 Å². The Bertz CT molecular complexity index is 909. The van der Waals surface area contributed by atoms with Gasteiger partial charge in [0, 0.05) is 12.6 Å². The van der Waals surface area contributed by atoms with E-state index in [1.807, 2.05) is 78.9 Å². The zero-order chi connectivity index (χ0) is 19.8. The van der Waals surface area contributed by atoms with Crippen molar-refractivity contribution >= 4 is 11.8 Å². The number of ether oxygens (including phenoxy) is 1. The third-order valence-electron chi connectivity index (χ3n) is 4.39. The summed E-state index contributed by atoms with van der Waals surface area (Å²) < 4.78 is 5.96. The molecule has 0 spiro atoms. The standard InChI is InChI=1S/C17H16N2O2.C7H8/c1-18-16(20)14-15(12-8-4-2-5-9-12)21-17(19-14)13-10-6-3-7-11-13;1-7-5-3-2-4-6-7/h2-11,14-15H,1H3,(H,18,20);2-6H,1H3. The maximum Gasteiger partial charge on any atom is 0.248 e. The van der Waals surface area contributed by atoms with Crippen LogP contribution >= 0.6 is 0 Å². The zero-order valence-corrected chi connectivity index (χ0v) is 16.1. The highest BCUT2D eigenvalue weighted by Crippen LogP contribution is 2.31. The smallest absolute Gasteiger partial charge is 0.248 e. The molecule has 0 aliphatic carbocycles. The van der Waals surface area contributed by atoms with Gasteiger partial charge >= 0.3 is 0 Å². The van der Waals surface area contributed by atoms with Crippen molar-refractivity contribution in [1.29, 1.82) is 0 Å². The summed E-state index contributed by atoms with van der Waals surface area (Å²) in [7, 11) is 1.61. The highest BCUT2D eigenvalue weighted by molar-refractivity contribution is 5.98. The lowest BCUT2D eigenvalue weighted by atomic mass is 10.0. The van der Waals surface area contributed by atoms with Crippen LogP contribution in [0, 0.1) is 6.92 Å². The number of amides is 1. The first-order valence-corrected chi connectivity index (χ1v) is 9.27. The molecule has 1 heterocycles. The number of rotatable bonds is 3. The molecule has 0 aromatic heterocycles. The summed E-state index contributed by atoms with van der Waals surface area (Å²) in [6, 6.07) is 29.0. The molecule has 142 valence electrons. The van der Waals surface area contributed by atoms with E-state index >= 15 is 0 Å². The van der Waals surface area contributed by atoms with Crippen molar-refractivity contribution in [3.05, 3.63) is 108 Å². The minimum atomic E-state index is -0.562. The lowest BCUT2D eigenvalue weighted by Gasteiger charge is -2.16. The fourth-order valence-corrected chi connectivity index (χ4v) is 2.90. The third kappa shape index (κ3) is 4.86. The predicted octanol–water partition coefficient (Wildman–Crippen LogP) is 4.31. The number of benzene rings is 3. The van der Waals surface area contributed by atoms with E-state index in [1.54, 1.807) is 7.05 Å². The number of hydrogen-bond acceptors (Lipinski definition) is 3. The number of likely N-dealkylation sites (N-methyl/N-ethyl adjacent to an activating group) is 1. The van der Waals surface area contributed by atoms with Gasteiger partial charge < -0.3 is 10.1 Å². The van der Waals surface area contributed by atoms with Crippen molar-refractivity contribution in [3.8, 4) is 0 Å². The van der Waals surface area contributed by atoms with Gasteiger partial charge in [0.05, 0.1) is 0 Å².